The summed E-state index contributed by atoms with van der Waals surface area (Å²) in [6, 6.07) is 8.93. The molecule has 148 valence electrons. The number of sulfonamides is 1. The number of benzene rings is 2. The van der Waals surface area contributed by atoms with Gasteiger partial charge in [0.1, 0.15) is 5.01 Å². The summed E-state index contributed by atoms with van der Waals surface area (Å²) < 4.78 is 65.2. The highest BCUT2D eigenvalue weighted by atomic mass is 35.5. The fraction of sp³-hybridized carbons (Fsp3) is 0.125. The maximum Gasteiger partial charge on any atom is 0.416 e. The minimum absolute atomic E-state index is 0.0177. The molecule has 1 aromatic heterocycles. The number of aromatic nitrogens is 2. The number of rotatable bonds is 5. The Morgan fingerprint density at radius 1 is 1.04 bits per heavy atom. The maximum absolute atomic E-state index is 12.8. The standard InChI is InChI=1S/C16H10Cl2F3N3O2S2/c17-12-5-4-11(8-13(12)18)24-28(25,26)15-23-22-14(27-15)7-9-2-1-3-10(6-9)16(19,20)21/h1-6,8,24H,7H2. The number of hydrogen-bond acceptors (Lipinski definition) is 5. The highest BCUT2D eigenvalue weighted by Gasteiger charge is 2.30. The van der Waals surface area contributed by atoms with Gasteiger partial charge in [-0.3, -0.25) is 4.72 Å². The van der Waals surface area contributed by atoms with Crippen LogP contribution in [0.4, 0.5) is 18.9 Å². The average Bonchev–Trinajstić information content (AvgIpc) is 3.07. The van der Waals surface area contributed by atoms with Crippen molar-refractivity contribution in [1.82, 2.24) is 10.2 Å². The lowest BCUT2D eigenvalue weighted by Crippen LogP contribution is -2.12. The van der Waals surface area contributed by atoms with Crippen molar-refractivity contribution in [3.63, 3.8) is 0 Å². The summed E-state index contributed by atoms with van der Waals surface area (Å²) in [4.78, 5) is 0. The maximum atomic E-state index is 12.8. The summed E-state index contributed by atoms with van der Waals surface area (Å²) in [7, 11) is -4.03. The van der Waals surface area contributed by atoms with E-state index in [0.717, 1.165) is 23.5 Å². The van der Waals surface area contributed by atoms with Gasteiger partial charge in [0.25, 0.3) is 14.4 Å². The first-order chi connectivity index (χ1) is 13.0. The summed E-state index contributed by atoms with van der Waals surface area (Å²) in [5.41, 5.74) is -0.264. The molecule has 0 aliphatic rings. The number of nitrogens with zero attached hydrogens (tertiary/aromatic N) is 2. The van der Waals surface area contributed by atoms with E-state index in [0.29, 0.717) is 5.56 Å². The first-order valence-electron chi connectivity index (χ1n) is 7.51. The molecular formula is C16H10Cl2F3N3O2S2. The van der Waals surface area contributed by atoms with Gasteiger partial charge in [-0.15, -0.1) is 10.2 Å². The zero-order chi connectivity index (χ0) is 20.5. The molecule has 0 amide bonds. The Morgan fingerprint density at radius 3 is 2.46 bits per heavy atom. The molecule has 0 atom stereocenters. The normalized spacial score (nSPS) is 12.2. The Hall–Kier alpha value is -1.88. The molecule has 0 aliphatic heterocycles. The monoisotopic (exact) mass is 467 g/mol. The summed E-state index contributed by atoms with van der Waals surface area (Å²) in [5, 5.41) is 8.09. The third kappa shape index (κ3) is 4.93. The summed E-state index contributed by atoms with van der Waals surface area (Å²) in [5.74, 6) is 0. The van der Waals surface area contributed by atoms with Gasteiger partial charge in [-0.25, -0.2) is 0 Å². The van der Waals surface area contributed by atoms with E-state index >= 15 is 0 Å². The number of hydrogen-bond donors (Lipinski definition) is 1. The molecule has 0 aliphatic carbocycles. The van der Waals surface area contributed by atoms with Gasteiger partial charge < -0.3 is 0 Å². The van der Waals surface area contributed by atoms with Crippen LogP contribution in [-0.4, -0.2) is 18.6 Å². The number of alkyl halides is 3. The molecule has 2 aromatic carbocycles. The smallest absolute Gasteiger partial charge is 0.278 e. The zero-order valence-electron chi connectivity index (χ0n) is 13.7. The highest BCUT2D eigenvalue weighted by Crippen LogP contribution is 2.31. The van der Waals surface area contributed by atoms with Crippen molar-refractivity contribution in [3.8, 4) is 0 Å². The van der Waals surface area contributed by atoms with E-state index in [2.05, 4.69) is 14.9 Å². The molecule has 0 radical (unpaired) electrons. The number of halogens is 5. The molecule has 12 heteroatoms. The summed E-state index contributed by atoms with van der Waals surface area (Å²) in [6.07, 6.45) is -4.45. The van der Waals surface area contributed by atoms with E-state index in [1.54, 1.807) is 0 Å². The van der Waals surface area contributed by atoms with Crippen LogP contribution in [-0.2, 0) is 22.6 Å². The fourth-order valence-electron chi connectivity index (χ4n) is 2.21. The van der Waals surface area contributed by atoms with E-state index in [1.165, 1.54) is 30.3 Å². The van der Waals surface area contributed by atoms with E-state index in [4.69, 9.17) is 23.2 Å². The molecule has 1 heterocycles. The largest absolute Gasteiger partial charge is 0.416 e. The predicted molar refractivity (Wildman–Crippen MR) is 101 cm³/mol. The molecule has 0 saturated carbocycles. The van der Waals surface area contributed by atoms with Gasteiger partial charge in [0.05, 0.1) is 21.3 Å². The fourth-order valence-corrected chi connectivity index (χ4v) is 4.64. The van der Waals surface area contributed by atoms with Crippen LogP contribution in [0, 0.1) is 0 Å². The molecular weight excluding hydrogens is 458 g/mol. The lowest BCUT2D eigenvalue weighted by Gasteiger charge is -2.07. The lowest BCUT2D eigenvalue weighted by molar-refractivity contribution is -0.137. The lowest BCUT2D eigenvalue weighted by atomic mass is 10.1. The second kappa shape index (κ2) is 7.86. The SMILES string of the molecule is O=S(=O)(Nc1ccc(Cl)c(Cl)c1)c1nnc(Cc2cccc(C(F)(F)F)c2)s1. The average molecular weight is 468 g/mol. The number of nitrogens with one attached hydrogen (secondary N) is 1. The van der Waals surface area contributed by atoms with Crippen molar-refractivity contribution >= 4 is 50.2 Å². The zero-order valence-corrected chi connectivity index (χ0v) is 16.8. The Balaban J connectivity index is 1.78. The van der Waals surface area contributed by atoms with Crippen molar-refractivity contribution in [2.24, 2.45) is 0 Å². The predicted octanol–water partition coefficient (Wildman–Crippen LogP) is 5.26. The third-order valence-electron chi connectivity index (χ3n) is 3.46. The van der Waals surface area contributed by atoms with Gasteiger partial charge in [0, 0.05) is 6.42 Å². The van der Waals surface area contributed by atoms with E-state index in [1.807, 2.05) is 0 Å². The Bertz CT molecular complexity index is 1120. The van der Waals surface area contributed by atoms with E-state index in [9.17, 15) is 21.6 Å². The molecule has 28 heavy (non-hydrogen) atoms. The molecule has 1 N–H and O–H groups in total. The van der Waals surface area contributed by atoms with Gasteiger partial charge in [-0.1, -0.05) is 52.7 Å². The Labute approximate surface area is 172 Å². The first kappa shape index (κ1) is 20.8. The molecule has 3 rings (SSSR count). The van der Waals surface area contributed by atoms with Crippen LogP contribution < -0.4 is 4.72 Å². The molecule has 0 fully saturated rings. The molecule has 0 bridgehead atoms. The Morgan fingerprint density at radius 2 is 1.79 bits per heavy atom. The van der Waals surface area contributed by atoms with Gasteiger partial charge in [0.2, 0.25) is 0 Å². The third-order valence-corrected chi connectivity index (χ3v) is 6.87. The van der Waals surface area contributed by atoms with Gasteiger partial charge in [-0.2, -0.15) is 21.6 Å². The van der Waals surface area contributed by atoms with Crippen LogP contribution in [0.15, 0.2) is 46.8 Å². The van der Waals surface area contributed by atoms with Gasteiger partial charge >= 0.3 is 6.18 Å². The van der Waals surface area contributed by atoms with Crippen LogP contribution in [0.3, 0.4) is 0 Å². The van der Waals surface area contributed by atoms with Crippen LogP contribution in [0.5, 0.6) is 0 Å². The molecule has 5 nitrogen and oxygen atoms in total. The quantitative estimate of drug-likeness (QED) is 0.555. The van der Waals surface area contributed by atoms with Crippen molar-refractivity contribution in [3.05, 3.63) is 68.6 Å². The van der Waals surface area contributed by atoms with E-state index < -0.39 is 21.8 Å². The van der Waals surface area contributed by atoms with Gasteiger partial charge in [-0.05, 0) is 29.8 Å². The van der Waals surface area contributed by atoms with Gasteiger partial charge in [0.15, 0.2) is 0 Å². The van der Waals surface area contributed by atoms with Crippen LogP contribution in [0.1, 0.15) is 16.1 Å². The molecule has 3 aromatic rings. The Kier molecular flexibility index (Phi) is 5.85. The summed E-state index contributed by atoms with van der Waals surface area (Å²) in [6.45, 7) is 0. The second-order valence-electron chi connectivity index (χ2n) is 5.57. The number of anilines is 1. The van der Waals surface area contributed by atoms with Crippen molar-refractivity contribution in [1.29, 1.82) is 0 Å². The van der Waals surface area contributed by atoms with Crippen LogP contribution in [0.2, 0.25) is 10.0 Å². The minimum Gasteiger partial charge on any atom is -0.278 e. The highest BCUT2D eigenvalue weighted by molar-refractivity contribution is 7.94. The molecule has 0 saturated heterocycles. The van der Waals surface area contributed by atoms with Crippen LogP contribution in [0.25, 0.3) is 0 Å². The van der Waals surface area contributed by atoms with Crippen molar-refractivity contribution in [2.75, 3.05) is 4.72 Å². The molecule has 0 unspecified atom stereocenters. The van der Waals surface area contributed by atoms with Crippen molar-refractivity contribution in [2.45, 2.75) is 16.9 Å². The minimum atomic E-state index is -4.46. The first-order valence-corrected chi connectivity index (χ1v) is 10.6. The summed E-state index contributed by atoms with van der Waals surface area (Å²) >= 11 is 12.4. The van der Waals surface area contributed by atoms with E-state index in [-0.39, 0.29) is 31.5 Å². The second-order valence-corrected chi connectivity index (χ2v) is 9.30. The molecule has 0 spiro atoms. The topological polar surface area (TPSA) is 72.0 Å². The van der Waals surface area contributed by atoms with Crippen LogP contribution >= 0.6 is 34.5 Å². The van der Waals surface area contributed by atoms with Crippen molar-refractivity contribution < 1.29 is 21.6 Å².